The van der Waals surface area contributed by atoms with Crippen LogP contribution >= 0.6 is 0 Å². The van der Waals surface area contributed by atoms with Crippen LogP contribution in [0.3, 0.4) is 0 Å². The normalized spacial score (nSPS) is 10.2. The van der Waals surface area contributed by atoms with E-state index < -0.39 is 0 Å². The van der Waals surface area contributed by atoms with Gasteiger partial charge in [0.15, 0.2) is 11.4 Å². The lowest BCUT2D eigenvalue weighted by molar-refractivity contribution is -0.116. The van der Waals surface area contributed by atoms with E-state index in [-0.39, 0.29) is 5.91 Å². The van der Waals surface area contributed by atoms with Crippen LogP contribution in [0.4, 0.5) is 5.82 Å². The number of carbonyl (C=O) groups excluding carboxylic acids is 1. The molecule has 1 aromatic heterocycles. The Morgan fingerprint density at radius 1 is 1.62 bits per heavy atom. The predicted molar refractivity (Wildman–Crippen MR) is 60.5 cm³/mol. The molecule has 1 aromatic carbocycles. The van der Waals surface area contributed by atoms with Crippen LogP contribution in [-0.2, 0) is 11.3 Å². The SMILES string of the molecule is C=CC(=O)NCc1ccc2c(N)noc2c1. The van der Waals surface area contributed by atoms with Crippen molar-refractivity contribution in [3.63, 3.8) is 0 Å². The van der Waals surface area contributed by atoms with Gasteiger partial charge in [-0.3, -0.25) is 4.79 Å². The van der Waals surface area contributed by atoms with E-state index in [1.807, 2.05) is 12.1 Å². The molecule has 0 aliphatic carbocycles. The summed E-state index contributed by atoms with van der Waals surface area (Å²) in [4.78, 5) is 11.0. The summed E-state index contributed by atoms with van der Waals surface area (Å²) >= 11 is 0. The summed E-state index contributed by atoms with van der Waals surface area (Å²) in [6.07, 6.45) is 1.23. The first-order chi connectivity index (χ1) is 7.70. The number of carbonyl (C=O) groups is 1. The Morgan fingerprint density at radius 2 is 2.44 bits per heavy atom. The van der Waals surface area contributed by atoms with Crippen LogP contribution in [0.25, 0.3) is 11.0 Å². The Hall–Kier alpha value is -2.30. The molecule has 5 heteroatoms. The average Bonchev–Trinajstić information content (AvgIpc) is 2.67. The van der Waals surface area contributed by atoms with E-state index in [4.69, 9.17) is 10.3 Å². The Bertz CT molecular complexity index is 545. The summed E-state index contributed by atoms with van der Waals surface area (Å²) in [5, 5.41) is 7.09. The van der Waals surface area contributed by atoms with Crippen LogP contribution in [0.15, 0.2) is 35.4 Å². The third kappa shape index (κ3) is 1.88. The molecule has 0 bridgehead atoms. The number of rotatable bonds is 3. The maximum Gasteiger partial charge on any atom is 0.243 e. The monoisotopic (exact) mass is 217 g/mol. The molecule has 2 rings (SSSR count). The third-order valence-electron chi connectivity index (χ3n) is 2.22. The zero-order valence-electron chi connectivity index (χ0n) is 8.56. The Labute approximate surface area is 91.9 Å². The number of hydrogen-bond acceptors (Lipinski definition) is 4. The van der Waals surface area contributed by atoms with Gasteiger partial charge in [0, 0.05) is 6.54 Å². The van der Waals surface area contributed by atoms with Crippen LogP contribution in [0.5, 0.6) is 0 Å². The minimum atomic E-state index is -0.211. The van der Waals surface area contributed by atoms with E-state index >= 15 is 0 Å². The lowest BCUT2D eigenvalue weighted by Crippen LogP contribution is -2.19. The smallest absolute Gasteiger partial charge is 0.243 e. The fraction of sp³-hybridized carbons (Fsp3) is 0.0909. The van der Waals surface area contributed by atoms with Crippen LogP contribution < -0.4 is 11.1 Å². The minimum Gasteiger partial charge on any atom is -0.380 e. The van der Waals surface area contributed by atoms with Gasteiger partial charge in [0.1, 0.15) is 0 Å². The highest BCUT2D eigenvalue weighted by atomic mass is 16.5. The first kappa shape index (κ1) is 10.2. The molecular formula is C11H11N3O2. The highest BCUT2D eigenvalue weighted by molar-refractivity contribution is 5.88. The van der Waals surface area contributed by atoms with Crippen molar-refractivity contribution in [3.8, 4) is 0 Å². The number of amides is 1. The van der Waals surface area contributed by atoms with Crippen molar-refractivity contribution in [2.24, 2.45) is 0 Å². The highest BCUT2D eigenvalue weighted by Gasteiger charge is 2.05. The van der Waals surface area contributed by atoms with Crippen LogP contribution in [0.1, 0.15) is 5.56 Å². The zero-order valence-corrected chi connectivity index (χ0v) is 8.56. The number of anilines is 1. The van der Waals surface area contributed by atoms with Gasteiger partial charge in [-0.15, -0.1) is 0 Å². The van der Waals surface area contributed by atoms with Crippen molar-refractivity contribution in [1.29, 1.82) is 0 Å². The highest BCUT2D eigenvalue weighted by Crippen LogP contribution is 2.21. The molecule has 5 nitrogen and oxygen atoms in total. The van der Waals surface area contributed by atoms with Crippen molar-refractivity contribution < 1.29 is 9.32 Å². The Balaban J connectivity index is 2.19. The molecular weight excluding hydrogens is 206 g/mol. The minimum absolute atomic E-state index is 0.211. The molecule has 82 valence electrons. The predicted octanol–water partition coefficient (Wildman–Crippen LogP) is 1.21. The number of nitrogens with one attached hydrogen (secondary N) is 1. The van der Waals surface area contributed by atoms with E-state index in [9.17, 15) is 4.79 Å². The molecule has 0 saturated carbocycles. The quantitative estimate of drug-likeness (QED) is 0.757. The van der Waals surface area contributed by atoms with Crippen molar-refractivity contribution >= 4 is 22.7 Å². The van der Waals surface area contributed by atoms with Crippen LogP contribution in [0, 0.1) is 0 Å². The maximum atomic E-state index is 11.0. The summed E-state index contributed by atoms with van der Waals surface area (Å²) in [5.41, 5.74) is 7.11. The molecule has 16 heavy (non-hydrogen) atoms. The first-order valence-electron chi connectivity index (χ1n) is 4.75. The van der Waals surface area contributed by atoms with Gasteiger partial charge in [-0.25, -0.2) is 0 Å². The van der Waals surface area contributed by atoms with E-state index in [0.717, 1.165) is 10.9 Å². The maximum absolute atomic E-state index is 11.0. The summed E-state index contributed by atoms with van der Waals surface area (Å²) in [6, 6.07) is 5.47. The summed E-state index contributed by atoms with van der Waals surface area (Å²) in [7, 11) is 0. The second-order valence-corrected chi connectivity index (χ2v) is 3.32. The molecule has 2 aromatic rings. The number of nitrogen functional groups attached to an aromatic ring is 1. The first-order valence-corrected chi connectivity index (χ1v) is 4.75. The van der Waals surface area contributed by atoms with Gasteiger partial charge < -0.3 is 15.6 Å². The van der Waals surface area contributed by atoms with Gasteiger partial charge in [0.25, 0.3) is 0 Å². The molecule has 0 radical (unpaired) electrons. The van der Waals surface area contributed by atoms with E-state index in [0.29, 0.717) is 17.9 Å². The number of hydrogen-bond donors (Lipinski definition) is 2. The molecule has 1 amide bonds. The van der Waals surface area contributed by atoms with Gasteiger partial charge in [-0.05, 0) is 23.8 Å². The Morgan fingerprint density at radius 3 is 3.19 bits per heavy atom. The molecule has 1 heterocycles. The fourth-order valence-electron chi connectivity index (χ4n) is 1.37. The lowest BCUT2D eigenvalue weighted by atomic mass is 10.1. The van der Waals surface area contributed by atoms with Gasteiger partial charge in [0.2, 0.25) is 5.91 Å². The summed E-state index contributed by atoms with van der Waals surface area (Å²) < 4.78 is 5.01. The number of aromatic nitrogens is 1. The van der Waals surface area contributed by atoms with Crippen molar-refractivity contribution in [3.05, 3.63) is 36.4 Å². The van der Waals surface area contributed by atoms with Crippen LogP contribution in [-0.4, -0.2) is 11.1 Å². The van der Waals surface area contributed by atoms with Gasteiger partial charge in [0.05, 0.1) is 5.39 Å². The van der Waals surface area contributed by atoms with E-state index in [1.165, 1.54) is 6.08 Å². The number of fused-ring (bicyclic) bond motifs is 1. The molecule has 0 spiro atoms. The number of nitrogens with two attached hydrogens (primary N) is 1. The molecule has 0 atom stereocenters. The third-order valence-corrected chi connectivity index (χ3v) is 2.22. The topological polar surface area (TPSA) is 81.2 Å². The zero-order chi connectivity index (χ0) is 11.5. The van der Waals surface area contributed by atoms with Crippen molar-refractivity contribution in [1.82, 2.24) is 10.5 Å². The fourth-order valence-corrected chi connectivity index (χ4v) is 1.37. The lowest BCUT2D eigenvalue weighted by Gasteiger charge is -2.01. The van der Waals surface area contributed by atoms with Crippen LogP contribution in [0.2, 0.25) is 0 Å². The average molecular weight is 217 g/mol. The largest absolute Gasteiger partial charge is 0.380 e. The van der Waals surface area contributed by atoms with E-state index in [1.54, 1.807) is 6.07 Å². The molecule has 0 aliphatic heterocycles. The van der Waals surface area contributed by atoms with Crippen molar-refractivity contribution in [2.75, 3.05) is 5.73 Å². The second-order valence-electron chi connectivity index (χ2n) is 3.32. The van der Waals surface area contributed by atoms with Gasteiger partial charge >= 0.3 is 0 Å². The van der Waals surface area contributed by atoms with Gasteiger partial charge in [-0.1, -0.05) is 17.8 Å². The molecule has 0 unspecified atom stereocenters. The Kier molecular flexibility index (Phi) is 2.59. The van der Waals surface area contributed by atoms with Crippen molar-refractivity contribution in [2.45, 2.75) is 6.54 Å². The molecule has 0 aliphatic rings. The molecule has 3 N–H and O–H groups in total. The number of nitrogens with zero attached hydrogens (tertiary/aromatic N) is 1. The standard InChI is InChI=1S/C11H11N3O2/c1-2-10(15)13-6-7-3-4-8-9(5-7)16-14-11(8)12/h2-5H,1,6H2,(H2,12,14)(H,13,15). The molecule has 0 saturated heterocycles. The van der Waals surface area contributed by atoms with Gasteiger partial charge in [-0.2, -0.15) is 0 Å². The van der Waals surface area contributed by atoms with E-state index in [2.05, 4.69) is 17.1 Å². The summed E-state index contributed by atoms with van der Waals surface area (Å²) in [5.74, 6) is 0.161. The second kappa shape index (κ2) is 4.06. The number of benzene rings is 1. The molecule has 0 fully saturated rings. The summed E-state index contributed by atoms with van der Waals surface area (Å²) in [6.45, 7) is 3.79.